The third-order valence-corrected chi connectivity index (χ3v) is 10.0. The van der Waals surface area contributed by atoms with Crippen LogP contribution in [-0.2, 0) is 0 Å². The molecule has 3 heterocycles. The number of aromatic nitrogens is 2. The Hall–Kier alpha value is -6.10. The molecule has 1 aliphatic heterocycles. The van der Waals surface area contributed by atoms with Crippen molar-refractivity contribution in [2.75, 3.05) is 0 Å². The van der Waals surface area contributed by atoms with Crippen molar-refractivity contribution >= 4 is 49.7 Å². The first kappa shape index (κ1) is 27.1. The number of fused-ring (bicyclic) bond motifs is 7. The second-order valence-corrected chi connectivity index (χ2v) is 12.8. The summed E-state index contributed by atoms with van der Waals surface area (Å²) in [5, 5.41) is 7.20. The average Bonchev–Trinajstić information content (AvgIpc) is 3.68. The van der Waals surface area contributed by atoms with Gasteiger partial charge in [0.15, 0.2) is 0 Å². The van der Waals surface area contributed by atoms with E-state index >= 15 is 0 Å². The molecule has 0 amide bonds. The van der Waals surface area contributed by atoms with Crippen molar-refractivity contribution in [3.8, 4) is 27.9 Å². The van der Waals surface area contributed by atoms with E-state index in [1.807, 2.05) is 0 Å². The highest BCUT2D eigenvalue weighted by molar-refractivity contribution is 6.12. The minimum absolute atomic E-state index is 0.356. The maximum absolute atomic E-state index is 3.69. The molecule has 1 fully saturated rings. The smallest absolute Gasteiger partial charge is 0.0838 e. The van der Waals surface area contributed by atoms with Gasteiger partial charge in [-0.15, -0.1) is 0 Å². The molecule has 2 N–H and O–H groups in total. The number of nitrogens with zero attached hydrogens (tertiary/aromatic N) is 2. The zero-order valence-electron chi connectivity index (χ0n) is 26.2. The van der Waals surface area contributed by atoms with Crippen molar-refractivity contribution in [2.45, 2.75) is 12.1 Å². The lowest BCUT2D eigenvalue weighted by molar-refractivity contribution is 0.0742. The Morgan fingerprint density at radius 2 is 1.23 bits per heavy atom. The van der Waals surface area contributed by atoms with Crippen molar-refractivity contribution in [2.24, 2.45) is 0 Å². The molecule has 10 rings (SSSR count). The lowest BCUT2D eigenvalue weighted by Gasteiger charge is -2.46. The van der Waals surface area contributed by atoms with Crippen molar-refractivity contribution in [1.82, 2.24) is 20.0 Å². The zero-order chi connectivity index (χ0) is 31.6. The Morgan fingerprint density at radius 3 is 2.08 bits per heavy atom. The second kappa shape index (κ2) is 10.7. The van der Waals surface area contributed by atoms with Gasteiger partial charge in [0.2, 0.25) is 0 Å². The fourth-order valence-electron chi connectivity index (χ4n) is 7.60. The summed E-state index contributed by atoms with van der Waals surface area (Å²) >= 11 is 0. The van der Waals surface area contributed by atoms with Crippen molar-refractivity contribution in [3.05, 3.63) is 170 Å². The highest BCUT2D eigenvalue weighted by Gasteiger charge is 2.33. The van der Waals surface area contributed by atoms with Crippen molar-refractivity contribution < 1.29 is 0 Å². The first-order valence-electron chi connectivity index (χ1n) is 16.6. The molecule has 0 spiro atoms. The molecule has 1 saturated heterocycles. The van der Waals surface area contributed by atoms with Crippen LogP contribution < -0.4 is 5.43 Å². The predicted molar refractivity (Wildman–Crippen MR) is 201 cm³/mol. The molecule has 1 aliphatic carbocycles. The van der Waals surface area contributed by atoms with Crippen LogP contribution in [0.2, 0.25) is 0 Å². The van der Waals surface area contributed by atoms with Crippen LogP contribution in [0, 0.1) is 0 Å². The van der Waals surface area contributed by atoms with Gasteiger partial charge in [-0.2, -0.15) is 0 Å². The lowest BCUT2D eigenvalue weighted by Crippen LogP contribution is -2.65. The van der Waals surface area contributed by atoms with Crippen LogP contribution >= 0.6 is 0 Å². The Labute approximate surface area is 278 Å². The minimum atomic E-state index is 0.356. The summed E-state index contributed by atoms with van der Waals surface area (Å²) in [5.41, 5.74) is 15.4. The van der Waals surface area contributed by atoms with Gasteiger partial charge in [-0.25, -0.2) is 5.43 Å². The molecule has 0 saturated carbocycles. The molecule has 228 valence electrons. The number of para-hydroxylation sites is 3. The van der Waals surface area contributed by atoms with Gasteiger partial charge in [0, 0.05) is 44.5 Å². The van der Waals surface area contributed by atoms with Crippen molar-refractivity contribution in [3.63, 3.8) is 0 Å². The van der Waals surface area contributed by atoms with E-state index < -0.39 is 0 Å². The third kappa shape index (κ3) is 4.27. The largest absolute Gasteiger partial charge is 0.354 e. The number of hydrazine groups is 1. The second-order valence-electron chi connectivity index (χ2n) is 12.8. The molecule has 2 aromatic heterocycles. The molecule has 8 aromatic rings. The van der Waals surface area contributed by atoms with E-state index in [0.29, 0.717) is 12.1 Å². The monoisotopic (exact) mass is 616 g/mol. The summed E-state index contributed by atoms with van der Waals surface area (Å²) in [6.07, 6.45) is 13.1. The summed E-state index contributed by atoms with van der Waals surface area (Å²) < 4.78 is 2.36. The third-order valence-electron chi connectivity index (χ3n) is 10.0. The van der Waals surface area contributed by atoms with E-state index in [2.05, 4.69) is 190 Å². The maximum Gasteiger partial charge on any atom is 0.0838 e. The molecule has 48 heavy (non-hydrogen) atoms. The molecular weight excluding hydrogens is 585 g/mol. The van der Waals surface area contributed by atoms with E-state index in [1.165, 1.54) is 66.1 Å². The first-order valence-corrected chi connectivity index (χ1v) is 16.6. The number of nitrogens with one attached hydrogen (secondary N) is 2. The quantitative estimate of drug-likeness (QED) is 0.202. The van der Waals surface area contributed by atoms with Gasteiger partial charge in [0.1, 0.15) is 0 Å². The van der Waals surface area contributed by atoms with Crippen LogP contribution in [0.1, 0.15) is 5.56 Å². The van der Waals surface area contributed by atoms with Gasteiger partial charge < -0.3 is 14.6 Å². The summed E-state index contributed by atoms with van der Waals surface area (Å²) in [6.45, 7) is 0. The van der Waals surface area contributed by atoms with Gasteiger partial charge in [-0.05, 0) is 76.9 Å². The molecule has 4 heteroatoms. The molecule has 0 bridgehead atoms. The van der Waals surface area contributed by atoms with Crippen LogP contribution in [0.4, 0.5) is 0 Å². The van der Waals surface area contributed by atoms with E-state index in [1.54, 1.807) is 0 Å². The Kier molecular flexibility index (Phi) is 6.05. The fraction of sp³-hybridized carbons (Fsp3) is 0.0455. The Morgan fingerprint density at radius 1 is 0.542 bits per heavy atom. The van der Waals surface area contributed by atoms with E-state index in [9.17, 15) is 0 Å². The van der Waals surface area contributed by atoms with Crippen molar-refractivity contribution in [1.29, 1.82) is 0 Å². The zero-order valence-corrected chi connectivity index (χ0v) is 26.2. The summed E-state index contributed by atoms with van der Waals surface area (Å²) in [6, 6.07) is 49.2. The number of allylic oxidation sites excluding steroid dienone is 2. The van der Waals surface area contributed by atoms with Gasteiger partial charge in [0.05, 0.1) is 28.6 Å². The molecule has 4 nitrogen and oxygen atoms in total. The number of benzene rings is 6. The average molecular weight is 617 g/mol. The fourth-order valence-corrected chi connectivity index (χ4v) is 7.60. The van der Waals surface area contributed by atoms with E-state index in [4.69, 9.17) is 0 Å². The van der Waals surface area contributed by atoms with Gasteiger partial charge in [-0.1, -0.05) is 109 Å². The van der Waals surface area contributed by atoms with Gasteiger partial charge >= 0.3 is 0 Å². The highest BCUT2D eigenvalue weighted by atomic mass is 15.6. The predicted octanol–water partition coefficient (Wildman–Crippen LogP) is 10.4. The van der Waals surface area contributed by atoms with Crippen LogP contribution in [0.15, 0.2) is 164 Å². The van der Waals surface area contributed by atoms with E-state index in [0.717, 1.165) is 11.0 Å². The minimum Gasteiger partial charge on any atom is -0.354 e. The molecule has 2 atom stereocenters. The van der Waals surface area contributed by atoms with Crippen LogP contribution in [-0.4, -0.2) is 26.6 Å². The normalized spacial score (nSPS) is 17.2. The van der Waals surface area contributed by atoms with E-state index in [-0.39, 0.29) is 0 Å². The SMILES string of the molecule is C1=CC2NN(/C=C/c3cc(-c4ccc(-c5ccc6c(c5)c5ccccc5n6-c5ccccc5)cc4)cc4c3[nH]c3ccccc34)C2C=C1. The molecule has 2 aliphatic rings. The lowest BCUT2D eigenvalue weighted by atomic mass is 9.96. The van der Waals surface area contributed by atoms with Crippen LogP contribution in [0.25, 0.3) is 77.6 Å². The topological polar surface area (TPSA) is 36.0 Å². The standard InChI is InChI=1S/C44H32N4/c1-2-10-34(11-3-1)48-41-16-8-5-13-36(41)37-27-31(22-23-42(37)48)29-18-20-30(21-19-29)33-26-32(24-25-47-43-17-9-7-15-40(43)46-47)44-38(28-33)35-12-4-6-14-39(35)45-44/h1-28,40,43,45-46H/b25-24+. The molecule has 2 unspecified atom stereocenters. The van der Waals surface area contributed by atoms with Gasteiger partial charge in [0.25, 0.3) is 0 Å². The molecule has 0 radical (unpaired) electrons. The van der Waals surface area contributed by atoms with Crippen LogP contribution in [0.3, 0.4) is 0 Å². The highest BCUT2D eigenvalue weighted by Crippen LogP contribution is 2.37. The summed E-state index contributed by atoms with van der Waals surface area (Å²) in [4.78, 5) is 3.69. The number of rotatable bonds is 5. The summed E-state index contributed by atoms with van der Waals surface area (Å²) in [5.74, 6) is 0. The van der Waals surface area contributed by atoms with Crippen LogP contribution in [0.5, 0.6) is 0 Å². The number of H-pyrrole nitrogens is 1. The Balaban J connectivity index is 1.04. The number of hydrogen-bond donors (Lipinski definition) is 2. The molecule has 6 aromatic carbocycles. The summed E-state index contributed by atoms with van der Waals surface area (Å²) in [7, 11) is 0. The number of hydrogen-bond acceptors (Lipinski definition) is 2. The van der Waals surface area contributed by atoms with Gasteiger partial charge in [-0.3, -0.25) is 0 Å². The maximum atomic E-state index is 3.69. The molecular formula is C44H32N4. The Bertz CT molecular complexity index is 2600. The first-order chi connectivity index (χ1) is 23.8. The number of aromatic amines is 1.